The van der Waals surface area contributed by atoms with Crippen molar-refractivity contribution in [1.29, 1.82) is 0 Å². The number of amides is 1. The number of aromatic nitrogens is 3. The fourth-order valence-electron chi connectivity index (χ4n) is 2.62. The number of hydrogen-bond acceptors (Lipinski definition) is 3. The van der Waals surface area contributed by atoms with Crippen molar-refractivity contribution in [3.05, 3.63) is 59.5 Å². The summed E-state index contributed by atoms with van der Waals surface area (Å²) in [5.41, 5.74) is 3.22. The monoisotopic (exact) mass is 322 g/mol. The van der Waals surface area contributed by atoms with Crippen LogP contribution in [0.5, 0.6) is 0 Å². The quantitative estimate of drug-likeness (QED) is 0.797. The summed E-state index contributed by atoms with van der Waals surface area (Å²) in [4.78, 5) is 12.5. The van der Waals surface area contributed by atoms with E-state index in [1.54, 1.807) is 0 Å². The van der Waals surface area contributed by atoms with E-state index in [0.29, 0.717) is 16.9 Å². The maximum Gasteiger partial charge on any atom is 0.255 e. The number of fused-ring (bicyclic) bond motifs is 1. The maximum atomic E-state index is 12.5. The molecule has 0 bridgehead atoms. The van der Waals surface area contributed by atoms with Gasteiger partial charge in [0.05, 0.1) is 5.69 Å². The molecule has 1 aromatic carbocycles. The van der Waals surface area contributed by atoms with Crippen molar-refractivity contribution in [1.82, 2.24) is 14.6 Å². The molecule has 0 saturated heterocycles. The molecule has 5 nitrogen and oxygen atoms in total. The minimum Gasteiger partial charge on any atom is -0.319 e. The average Bonchev–Trinajstić information content (AvgIpc) is 2.98. The number of carbonyl (C=O) groups excluding carboxylic acids is 1. The van der Waals surface area contributed by atoms with Gasteiger partial charge in [0.15, 0.2) is 5.65 Å². The molecule has 5 heteroatoms. The Labute approximate surface area is 141 Å². The van der Waals surface area contributed by atoms with E-state index in [2.05, 4.69) is 36.3 Å². The van der Waals surface area contributed by atoms with Gasteiger partial charge in [-0.15, -0.1) is 10.2 Å². The fraction of sp³-hybridized carbons (Fsp3) is 0.316. The van der Waals surface area contributed by atoms with Crippen molar-refractivity contribution >= 4 is 17.2 Å². The molecule has 0 aliphatic heterocycles. The lowest BCUT2D eigenvalue weighted by atomic mass is 9.87. The summed E-state index contributed by atoms with van der Waals surface area (Å²) in [5.74, 6) is 0.722. The number of rotatable bonds is 3. The summed E-state index contributed by atoms with van der Waals surface area (Å²) < 4.78 is 1.90. The Morgan fingerprint density at radius 1 is 1.12 bits per heavy atom. The van der Waals surface area contributed by atoms with Crippen LogP contribution in [0.3, 0.4) is 0 Å². The van der Waals surface area contributed by atoms with Gasteiger partial charge in [-0.05, 0) is 35.2 Å². The molecule has 3 aromatic rings. The van der Waals surface area contributed by atoms with Crippen LogP contribution in [0.2, 0.25) is 0 Å². The van der Waals surface area contributed by atoms with Gasteiger partial charge in [-0.1, -0.05) is 39.8 Å². The second-order valence-corrected chi connectivity index (χ2v) is 6.87. The number of benzene rings is 1. The molecule has 0 unspecified atom stereocenters. The topological polar surface area (TPSA) is 59.3 Å². The van der Waals surface area contributed by atoms with Crippen LogP contribution < -0.4 is 5.32 Å². The summed E-state index contributed by atoms with van der Waals surface area (Å²) >= 11 is 0. The van der Waals surface area contributed by atoms with Gasteiger partial charge >= 0.3 is 0 Å². The van der Waals surface area contributed by atoms with Gasteiger partial charge in [-0.25, -0.2) is 0 Å². The number of pyridine rings is 1. The molecule has 24 heavy (non-hydrogen) atoms. The van der Waals surface area contributed by atoms with Crippen molar-refractivity contribution in [2.45, 2.75) is 39.5 Å². The van der Waals surface area contributed by atoms with Crippen molar-refractivity contribution in [3.8, 4) is 0 Å². The molecular weight excluding hydrogens is 300 g/mol. The Morgan fingerprint density at radius 3 is 2.46 bits per heavy atom. The van der Waals surface area contributed by atoms with Crippen LogP contribution in [0.1, 0.15) is 49.4 Å². The van der Waals surface area contributed by atoms with Crippen LogP contribution in [-0.4, -0.2) is 20.5 Å². The van der Waals surface area contributed by atoms with Gasteiger partial charge in [-0.3, -0.25) is 9.20 Å². The van der Waals surface area contributed by atoms with E-state index >= 15 is 0 Å². The molecule has 0 fully saturated rings. The van der Waals surface area contributed by atoms with Crippen molar-refractivity contribution in [2.24, 2.45) is 0 Å². The van der Waals surface area contributed by atoms with E-state index in [9.17, 15) is 4.79 Å². The highest BCUT2D eigenvalue weighted by Crippen LogP contribution is 2.23. The van der Waals surface area contributed by atoms with E-state index in [1.807, 2.05) is 53.9 Å². The van der Waals surface area contributed by atoms with Crippen LogP contribution in [0.25, 0.3) is 5.65 Å². The van der Waals surface area contributed by atoms with E-state index in [0.717, 1.165) is 12.2 Å². The summed E-state index contributed by atoms with van der Waals surface area (Å²) in [7, 11) is 0. The Bertz CT molecular complexity index is 873. The zero-order valence-electron chi connectivity index (χ0n) is 14.5. The second kappa shape index (κ2) is 6.07. The summed E-state index contributed by atoms with van der Waals surface area (Å²) in [6.45, 7) is 8.48. The number of carbonyl (C=O) groups is 1. The average molecular weight is 322 g/mol. The first kappa shape index (κ1) is 16.2. The maximum absolute atomic E-state index is 12.5. The van der Waals surface area contributed by atoms with E-state index in [-0.39, 0.29) is 11.3 Å². The smallest absolute Gasteiger partial charge is 0.255 e. The lowest BCUT2D eigenvalue weighted by Gasteiger charge is -2.19. The van der Waals surface area contributed by atoms with Crippen LogP contribution in [0.15, 0.2) is 42.6 Å². The van der Waals surface area contributed by atoms with Crippen LogP contribution in [0, 0.1) is 0 Å². The molecule has 0 aliphatic rings. The third-order valence-corrected chi connectivity index (χ3v) is 4.08. The van der Waals surface area contributed by atoms with Crippen LogP contribution in [-0.2, 0) is 11.8 Å². The molecule has 0 radical (unpaired) electrons. The lowest BCUT2D eigenvalue weighted by Crippen LogP contribution is -2.15. The molecule has 0 saturated carbocycles. The van der Waals surface area contributed by atoms with Crippen LogP contribution >= 0.6 is 0 Å². The summed E-state index contributed by atoms with van der Waals surface area (Å²) in [5, 5.41) is 11.3. The molecule has 3 rings (SSSR count). The van der Waals surface area contributed by atoms with E-state index < -0.39 is 0 Å². The molecule has 2 aromatic heterocycles. The highest BCUT2D eigenvalue weighted by molar-refractivity contribution is 6.05. The molecule has 2 heterocycles. The zero-order valence-corrected chi connectivity index (χ0v) is 14.5. The highest BCUT2D eigenvalue weighted by Gasteiger charge is 2.15. The Hall–Kier alpha value is -2.69. The summed E-state index contributed by atoms with van der Waals surface area (Å²) in [6.07, 6.45) is 2.69. The molecule has 124 valence electrons. The molecule has 1 amide bonds. The normalized spacial score (nSPS) is 11.7. The van der Waals surface area contributed by atoms with Crippen molar-refractivity contribution in [2.75, 3.05) is 5.32 Å². The number of nitrogens with zero attached hydrogens (tertiary/aromatic N) is 3. The Morgan fingerprint density at radius 2 is 1.83 bits per heavy atom. The highest BCUT2D eigenvalue weighted by atomic mass is 16.1. The van der Waals surface area contributed by atoms with Gasteiger partial charge < -0.3 is 5.32 Å². The predicted octanol–water partition coefficient (Wildman–Crippen LogP) is 3.84. The molecule has 0 aliphatic carbocycles. The molecule has 1 N–H and O–H groups in total. The van der Waals surface area contributed by atoms with Crippen molar-refractivity contribution in [3.63, 3.8) is 0 Å². The minimum absolute atomic E-state index is 0.0681. The van der Waals surface area contributed by atoms with Crippen molar-refractivity contribution < 1.29 is 4.79 Å². The first-order chi connectivity index (χ1) is 11.4. The van der Waals surface area contributed by atoms with Gasteiger partial charge in [0.25, 0.3) is 5.91 Å². The third-order valence-electron chi connectivity index (χ3n) is 4.08. The van der Waals surface area contributed by atoms with Gasteiger partial charge in [0.1, 0.15) is 5.82 Å². The first-order valence-corrected chi connectivity index (χ1v) is 8.14. The zero-order chi connectivity index (χ0) is 17.3. The van der Waals surface area contributed by atoms with E-state index in [1.165, 1.54) is 5.56 Å². The number of anilines is 1. The number of nitrogens with one attached hydrogen (secondary N) is 1. The molecule has 0 spiro atoms. The lowest BCUT2D eigenvalue weighted by molar-refractivity contribution is 0.102. The van der Waals surface area contributed by atoms with E-state index in [4.69, 9.17) is 0 Å². The fourth-order valence-corrected chi connectivity index (χ4v) is 2.62. The van der Waals surface area contributed by atoms with Crippen LogP contribution in [0.4, 0.5) is 5.69 Å². The van der Waals surface area contributed by atoms with Gasteiger partial charge in [0.2, 0.25) is 0 Å². The largest absolute Gasteiger partial charge is 0.319 e. The Balaban J connectivity index is 1.86. The number of aryl methyl sites for hydroxylation is 1. The molecule has 0 atom stereocenters. The first-order valence-electron chi connectivity index (χ1n) is 8.14. The van der Waals surface area contributed by atoms with Gasteiger partial charge in [-0.2, -0.15) is 0 Å². The van der Waals surface area contributed by atoms with Gasteiger partial charge in [0, 0.05) is 18.2 Å². The number of hydrogen-bond donors (Lipinski definition) is 1. The SMILES string of the molecule is CCc1nnc2c(NC(=O)c3ccc(C(C)(C)C)cc3)cccn12. The molecular formula is C19H22N4O. The second-order valence-electron chi connectivity index (χ2n) is 6.87. The Kier molecular flexibility index (Phi) is 4.09. The third kappa shape index (κ3) is 3.02. The standard InChI is InChI=1S/C19H22N4O/c1-5-16-21-22-17-15(7-6-12-23(16)17)20-18(24)13-8-10-14(11-9-13)19(2,3)4/h6-12H,5H2,1-4H3,(H,20,24). The minimum atomic E-state index is -0.149. The predicted molar refractivity (Wildman–Crippen MR) is 95.5 cm³/mol. The summed E-state index contributed by atoms with van der Waals surface area (Å²) in [6, 6.07) is 11.4.